The maximum Gasteiger partial charge on any atom is 0.229 e. The molecule has 1 aliphatic heterocycles. The van der Waals surface area contributed by atoms with Gasteiger partial charge in [-0.1, -0.05) is 54.2 Å². The number of benzene rings is 2. The minimum Gasteiger partial charge on any atom is -0.364 e. The number of nitrogens with one attached hydrogen (secondary N) is 2. The van der Waals surface area contributed by atoms with Crippen LogP contribution in [0.4, 0.5) is 5.69 Å². The maximum absolute atomic E-state index is 12.7. The van der Waals surface area contributed by atoms with Gasteiger partial charge in [-0.3, -0.25) is 15.3 Å². The van der Waals surface area contributed by atoms with E-state index in [1.807, 2.05) is 18.2 Å². The van der Waals surface area contributed by atoms with E-state index >= 15 is 0 Å². The molecule has 0 saturated carbocycles. The summed E-state index contributed by atoms with van der Waals surface area (Å²) in [7, 11) is 0. The number of hydrogen-bond donors (Lipinski definition) is 3. The number of ketones is 1. The van der Waals surface area contributed by atoms with Gasteiger partial charge in [0.05, 0.1) is 12.1 Å². The lowest BCUT2D eigenvalue weighted by atomic mass is 10.0. The Morgan fingerprint density at radius 1 is 1.08 bits per heavy atom. The van der Waals surface area contributed by atoms with E-state index in [0.717, 1.165) is 0 Å². The second-order valence-corrected chi connectivity index (χ2v) is 6.66. The normalized spacial score (nSPS) is 18.9. The molecule has 0 spiro atoms. The Morgan fingerprint density at radius 3 is 2.50 bits per heavy atom. The Balaban J connectivity index is 1.77. The minimum absolute atomic E-state index is 0.0819. The summed E-state index contributed by atoms with van der Waals surface area (Å²) in [6.45, 7) is 0. The number of nitrogens with two attached hydrogens (primary N) is 1. The number of hydrogen-bond acceptors (Lipinski definition) is 5. The van der Waals surface area contributed by atoms with Crippen LogP contribution < -0.4 is 16.4 Å². The van der Waals surface area contributed by atoms with E-state index in [1.165, 1.54) is 11.8 Å². The van der Waals surface area contributed by atoms with Crippen molar-refractivity contribution in [1.82, 2.24) is 5.32 Å². The van der Waals surface area contributed by atoms with E-state index in [9.17, 15) is 9.59 Å². The van der Waals surface area contributed by atoms with Gasteiger partial charge in [0.25, 0.3) is 0 Å². The first-order valence-corrected chi connectivity index (χ1v) is 8.33. The topological polar surface area (TPSA) is 84.2 Å². The lowest BCUT2D eigenvalue weighted by Crippen LogP contribution is -2.48. The molecule has 24 heavy (non-hydrogen) atoms. The van der Waals surface area contributed by atoms with Crippen molar-refractivity contribution < 1.29 is 9.59 Å². The van der Waals surface area contributed by atoms with E-state index < -0.39 is 4.99 Å². The van der Waals surface area contributed by atoms with E-state index in [2.05, 4.69) is 10.6 Å². The molecule has 1 unspecified atom stereocenters. The number of carbonyl (C=O) groups is 2. The van der Waals surface area contributed by atoms with Crippen LogP contribution >= 0.6 is 11.8 Å². The number of para-hydroxylation sites is 1. The molecule has 0 fully saturated rings. The van der Waals surface area contributed by atoms with Gasteiger partial charge in [0.1, 0.15) is 4.99 Å². The smallest absolute Gasteiger partial charge is 0.229 e. The molecule has 0 aliphatic carbocycles. The zero-order valence-electron chi connectivity index (χ0n) is 12.9. The summed E-state index contributed by atoms with van der Waals surface area (Å²) in [6.07, 6.45) is 1.79. The highest BCUT2D eigenvalue weighted by atomic mass is 32.2. The highest BCUT2D eigenvalue weighted by Gasteiger charge is 2.30. The van der Waals surface area contributed by atoms with Crippen molar-refractivity contribution >= 4 is 29.1 Å². The molecule has 4 N–H and O–H groups in total. The molecular weight excluding hydrogens is 322 g/mol. The van der Waals surface area contributed by atoms with Crippen LogP contribution in [-0.2, 0) is 4.79 Å². The molecule has 0 bridgehead atoms. The molecule has 1 aliphatic rings. The molecule has 5 nitrogen and oxygen atoms in total. The lowest BCUT2D eigenvalue weighted by molar-refractivity contribution is -0.116. The van der Waals surface area contributed by atoms with Crippen molar-refractivity contribution in [3.05, 3.63) is 77.3 Å². The van der Waals surface area contributed by atoms with Crippen molar-refractivity contribution in [2.45, 2.75) is 11.4 Å². The Bertz CT molecular complexity index is 782. The Kier molecular flexibility index (Phi) is 4.69. The molecule has 2 aromatic rings. The summed E-state index contributed by atoms with van der Waals surface area (Å²) < 4.78 is 0. The first-order valence-electron chi connectivity index (χ1n) is 7.45. The highest BCUT2D eigenvalue weighted by molar-refractivity contribution is 8.03. The highest BCUT2D eigenvalue weighted by Crippen LogP contribution is 2.27. The molecule has 3 rings (SSSR count). The van der Waals surface area contributed by atoms with E-state index in [0.29, 0.717) is 16.8 Å². The van der Waals surface area contributed by atoms with Crippen LogP contribution in [0.1, 0.15) is 22.3 Å². The molecule has 1 heterocycles. The summed E-state index contributed by atoms with van der Waals surface area (Å²) in [5.41, 5.74) is 7.57. The first-order chi connectivity index (χ1) is 11.6. The van der Waals surface area contributed by atoms with Crippen LogP contribution in [0.15, 0.2) is 66.2 Å². The minimum atomic E-state index is -0.845. The fourth-order valence-corrected chi connectivity index (χ4v) is 3.15. The van der Waals surface area contributed by atoms with Crippen LogP contribution in [0.25, 0.3) is 0 Å². The predicted molar refractivity (Wildman–Crippen MR) is 96.3 cm³/mol. The van der Waals surface area contributed by atoms with Gasteiger partial charge in [-0.05, 0) is 17.5 Å². The molecule has 122 valence electrons. The SMILES string of the molecule is NC1(CC(=O)Nc2ccccc2C(=O)c2ccccc2)NC=CS1. The Morgan fingerprint density at radius 2 is 1.79 bits per heavy atom. The van der Waals surface area contributed by atoms with Gasteiger partial charge in [0, 0.05) is 17.3 Å². The van der Waals surface area contributed by atoms with Crippen molar-refractivity contribution in [3.8, 4) is 0 Å². The molecule has 1 atom stereocenters. The number of rotatable bonds is 5. The molecular formula is C18H17N3O2S. The van der Waals surface area contributed by atoms with E-state index in [1.54, 1.807) is 48.0 Å². The van der Waals surface area contributed by atoms with Crippen LogP contribution in [0.3, 0.4) is 0 Å². The van der Waals surface area contributed by atoms with Crippen molar-refractivity contribution in [2.75, 3.05) is 5.32 Å². The Hall–Kier alpha value is -2.57. The van der Waals surface area contributed by atoms with Crippen LogP contribution in [0.5, 0.6) is 0 Å². The summed E-state index contributed by atoms with van der Waals surface area (Å²) in [6, 6.07) is 15.9. The van der Waals surface area contributed by atoms with Gasteiger partial charge in [-0.2, -0.15) is 0 Å². The van der Waals surface area contributed by atoms with Gasteiger partial charge in [0.2, 0.25) is 5.91 Å². The molecule has 1 amide bonds. The third-order valence-corrected chi connectivity index (χ3v) is 4.53. The molecule has 0 aromatic heterocycles. The van der Waals surface area contributed by atoms with E-state index in [4.69, 9.17) is 5.73 Å². The summed E-state index contributed by atoms with van der Waals surface area (Å²) in [5, 5.41) is 7.54. The average Bonchev–Trinajstić information content (AvgIpc) is 3.01. The maximum atomic E-state index is 12.7. The molecule has 6 heteroatoms. The molecule has 0 radical (unpaired) electrons. The first kappa shape index (κ1) is 16.3. The second kappa shape index (κ2) is 6.90. The monoisotopic (exact) mass is 339 g/mol. The quantitative estimate of drug-likeness (QED) is 0.729. The predicted octanol–water partition coefficient (Wildman–Crippen LogP) is 2.67. The van der Waals surface area contributed by atoms with Gasteiger partial charge >= 0.3 is 0 Å². The number of anilines is 1. The lowest BCUT2D eigenvalue weighted by Gasteiger charge is -2.23. The van der Waals surface area contributed by atoms with Crippen molar-refractivity contribution in [1.29, 1.82) is 0 Å². The number of thioether (sulfide) groups is 1. The van der Waals surface area contributed by atoms with Gasteiger partial charge in [0.15, 0.2) is 5.78 Å². The molecule has 2 aromatic carbocycles. The van der Waals surface area contributed by atoms with Crippen molar-refractivity contribution in [2.24, 2.45) is 5.73 Å². The number of amides is 1. The zero-order valence-corrected chi connectivity index (χ0v) is 13.7. The average molecular weight is 339 g/mol. The zero-order chi connectivity index (χ0) is 17.0. The molecule has 0 saturated heterocycles. The van der Waals surface area contributed by atoms with Gasteiger partial charge < -0.3 is 10.6 Å². The van der Waals surface area contributed by atoms with Crippen molar-refractivity contribution in [3.63, 3.8) is 0 Å². The third kappa shape index (κ3) is 3.67. The van der Waals surface area contributed by atoms with Crippen LogP contribution in [0, 0.1) is 0 Å². The standard InChI is InChI=1S/C18H17N3O2S/c19-18(20-10-11-24-18)12-16(22)21-15-9-5-4-8-14(15)17(23)13-6-2-1-3-7-13/h1-11,20H,12,19H2,(H,21,22). The van der Waals surface area contributed by atoms with Gasteiger partial charge in [-0.25, -0.2) is 0 Å². The largest absolute Gasteiger partial charge is 0.364 e. The summed E-state index contributed by atoms with van der Waals surface area (Å²) >= 11 is 1.35. The van der Waals surface area contributed by atoms with E-state index in [-0.39, 0.29) is 18.1 Å². The Labute approximate surface area is 144 Å². The van der Waals surface area contributed by atoms with Crippen LogP contribution in [-0.4, -0.2) is 16.7 Å². The summed E-state index contributed by atoms with van der Waals surface area (Å²) in [4.78, 5) is 24.1. The summed E-state index contributed by atoms with van der Waals surface area (Å²) in [5.74, 6) is -0.390. The second-order valence-electron chi connectivity index (χ2n) is 5.42. The number of carbonyl (C=O) groups excluding carboxylic acids is 2. The van der Waals surface area contributed by atoms with Crippen LogP contribution in [0.2, 0.25) is 0 Å². The van der Waals surface area contributed by atoms with Gasteiger partial charge in [-0.15, -0.1) is 0 Å². The third-order valence-electron chi connectivity index (χ3n) is 3.58. The fourth-order valence-electron chi connectivity index (χ4n) is 2.43. The fraction of sp³-hybridized carbons (Fsp3) is 0.111.